The Labute approximate surface area is 106 Å². The van der Waals surface area contributed by atoms with Gasteiger partial charge in [0.1, 0.15) is 17.9 Å². The zero-order valence-electron chi connectivity index (χ0n) is 9.67. The van der Waals surface area contributed by atoms with Gasteiger partial charge < -0.3 is 15.6 Å². The van der Waals surface area contributed by atoms with Crippen LogP contribution in [0.3, 0.4) is 0 Å². The Hall–Kier alpha value is -1.20. The molecule has 0 aliphatic rings. The Morgan fingerprint density at radius 1 is 1.47 bits per heavy atom. The highest BCUT2D eigenvalue weighted by Crippen LogP contribution is 2.15. The monoisotopic (exact) mass is 255 g/mol. The molecule has 2 atom stereocenters. The fraction of sp³-hybridized carbons (Fsp3) is 0.417. The Morgan fingerprint density at radius 2 is 2.06 bits per heavy atom. The maximum Gasteiger partial charge on any atom is 0.320 e. The number of rotatable bonds is 6. The van der Waals surface area contributed by atoms with Crippen LogP contribution in [-0.4, -0.2) is 29.0 Å². The highest BCUT2D eigenvalue weighted by atomic mass is 32.1. The fourth-order valence-electron chi connectivity index (χ4n) is 1.31. The van der Waals surface area contributed by atoms with Crippen LogP contribution in [0.1, 0.15) is 12.5 Å². The van der Waals surface area contributed by atoms with Crippen molar-refractivity contribution in [1.82, 2.24) is 0 Å². The number of carboxylic acid groups (broad SMARTS) is 1. The summed E-state index contributed by atoms with van der Waals surface area (Å²) < 4.78 is 5.55. The van der Waals surface area contributed by atoms with Crippen molar-refractivity contribution in [3.05, 3.63) is 29.8 Å². The lowest BCUT2D eigenvalue weighted by atomic mass is 10.1. The van der Waals surface area contributed by atoms with Gasteiger partial charge in [0.15, 0.2) is 0 Å². The van der Waals surface area contributed by atoms with Crippen LogP contribution >= 0.6 is 12.6 Å². The van der Waals surface area contributed by atoms with Crippen molar-refractivity contribution in [2.24, 2.45) is 5.73 Å². The average Bonchev–Trinajstić information content (AvgIpc) is 2.31. The normalized spacial score (nSPS) is 14.1. The van der Waals surface area contributed by atoms with Gasteiger partial charge in [0.25, 0.3) is 0 Å². The predicted molar refractivity (Wildman–Crippen MR) is 69.7 cm³/mol. The second-order valence-corrected chi connectivity index (χ2v) is 4.27. The van der Waals surface area contributed by atoms with Crippen LogP contribution in [0.2, 0.25) is 0 Å². The minimum atomic E-state index is -0.992. The molecule has 0 heterocycles. The van der Waals surface area contributed by atoms with E-state index in [-0.39, 0.29) is 6.10 Å². The topological polar surface area (TPSA) is 72.5 Å². The average molecular weight is 255 g/mol. The largest absolute Gasteiger partial charge is 0.490 e. The first-order chi connectivity index (χ1) is 8.02. The van der Waals surface area contributed by atoms with Crippen LogP contribution in [0, 0.1) is 0 Å². The molecule has 0 radical (unpaired) electrons. The Morgan fingerprint density at radius 3 is 2.53 bits per heavy atom. The summed E-state index contributed by atoms with van der Waals surface area (Å²) in [4.78, 5) is 10.6. The molecule has 0 saturated heterocycles. The van der Waals surface area contributed by atoms with Crippen molar-refractivity contribution < 1.29 is 14.6 Å². The minimum absolute atomic E-state index is 0.0467. The summed E-state index contributed by atoms with van der Waals surface area (Å²) in [5.74, 6) is 0.402. The van der Waals surface area contributed by atoms with Crippen molar-refractivity contribution in [1.29, 1.82) is 0 Å². The van der Waals surface area contributed by atoms with Crippen molar-refractivity contribution in [2.75, 3.05) is 5.75 Å². The second-order valence-electron chi connectivity index (χ2n) is 3.90. The van der Waals surface area contributed by atoms with Gasteiger partial charge >= 0.3 is 5.97 Å². The second kappa shape index (κ2) is 6.51. The number of carbonyl (C=O) groups is 1. The van der Waals surface area contributed by atoms with E-state index in [9.17, 15) is 4.79 Å². The number of carboxylic acids is 1. The van der Waals surface area contributed by atoms with Gasteiger partial charge in [-0.15, -0.1) is 0 Å². The zero-order valence-corrected chi connectivity index (χ0v) is 10.6. The first-order valence-electron chi connectivity index (χ1n) is 5.37. The smallest absolute Gasteiger partial charge is 0.320 e. The Kier molecular flexibility index (Phi) is 5.31. The summed E-state index contributed by atoms with van der Waals surface area (Å²) in [7, 11) is 0. The van der Waals surface area contributed by atoms with Crippen LogP contribution in [0.4, 0.5) is 0 Å². The van der Waals surface area contributed by atoms with Crippen LogP contribution in [0.15, 0.2) is 24.3 Å². The molecule has 5 heteroatoms. The minimum Gasteiger partial charge on any atom is -0.490 e. The summed E-state index contributed by atoms with van der Waals surface area (Å²) in [5.41, 5.74) is 6.33. The summed E-state index contributed by atoms with van der Waals surface area (Å²) in [6.07, 6.45) is 0.364. The number of hydrogen-bond donors (Lipinski definition) is 3. The molecule has 1 rings (SSSR count). The molecule has 0 aliphatic carbocycles. The van der Waals surface area contributed by atoms with Gasteiger partial charge in [0.2, 0.25) is 0 Å². The molecular formula is C12H17NO3S. The number of thiol groups is 1. The van der Waals surface area contributed by atoms with E-state index in [2.05, 4.69) is 12.6 Å². The molecule has 1 unspecified atom stereocenters. The molecule has 0 aliphatic heterocycles. The van der Waals surface area contributed by atoms with Crippen LogP contribution in [-0.2, 0) is 11.2 Å². The van der Waals surface area contributed by atoms with E-state index in [0.29, 0.717) is 12.2 Å². The number of hydrogen-bond acceptors (Lipinski definition) is 4. The molecule has 0 amide bonds. The van der Waals surface area contributed by atoms with E-state index in [0.717, 1.165) is 11.3 Å². The molecular weight excluding hydrogens is 238 g/mol. The van der Waals surface area contributed by atoms with E-state index in [1.807, 2.05) is 31.2 Å². The van der Waals surface area contributed by atoms with Crippen LogP contribution in [0.5, 0.6) is 5.75 Å². The Bertz CT molecular complexity index is 367. The highest BCUT2D eigenvalue weighted by molar-refractivity contribution is 7.80. The van der Waals surface area contributed by atoms with E-state index in [1.165, 1.54) is 0 Å². The third kappa shape index (κ3) is 4.66. The van der Waals surface area contributed by atoms with Gasteiger partial charge in [-0.05, 0) is 31.0 Å². The summed E-state index contributed by atoms with van der Waals surface area (Å²) in [6.45, 7) is 1.93. The molecule has 0 spiro atoms. The molecule has 4 nitrogen and oxygen atoms in total. The third-order valence-corrected chi connectivity index (χ3v) is 2.80. The van der Waals surface area contributed by atoms with Crippen molar-refractivity contribution in [3.8, 4) is 5.75 Å². The van der Waals surface area contributed by atoms with Gasteiger partial charge in [0, 0.05) is 5.75 Å². The van der Waals surface area contributed by atoms with Crippen molar-refractivity contribution >= 4 is 18.6 Å². The summed E-state index contributed by atoms with van der Waals surface area (Å²) in [5, 5.41) is 8.69. The lowest BCUT2D eigenvalue weighted by molar-refractivity contribution is -0.138. The number of aliphatic carboxylic acids is 1. The number of nitrogens with two attached hydrogens (primary N) is 1. The maximum absolute atomic E-state index is 10.6. The van der Waals surface area contributed by atoms with Crippen molar-refractivity contribution in [2.45, 2.75) is 25.5 Å². The van der Waals surface area contributed by atoms with Crippen LogP contribution in [0.25, 0.3) is 0 Å². The van der Waals surface area contributed by atoms with Gasteiger partial charge in [-0.25, -0.2) is 0 Å². The quantitative estimate of drug-likeness (QED) is 0.671. The van der Waals surface area contributed by atoms with Gasteiger partial charge in [0.05, 0.1) is 0 Å². The lowest BCUT2D eigenvalue weighted by Gasteiger charge is -2.12. The molecule has 1 aromatic rings. The first-order valence-corrected chi connectivity index (χ1v) is 6.01. The molecule has 1 aromatic carbocycles. The number of ether oxygens (including phenoxy) is 1. The third-order valence-electron chi connectivity index (χ3n) is 2.29. The Balaban J connectivity index is 2.58. The van der Waals surface area contributed by atoms with Crippen molar-refractivity contribution in [3.63, 3.8) is 0 Å². The molecule has 0 bridgehead atoms. The van der Waals surface area contributed by atoms with E-state index >= 15 is 0 Å². The van der Waals surface area contributed by atoms with E-state index in [1.54, 1.807) is 0 Å². The molecule has 0 aromatic heterocycles. The number of benzene rings is 1. The standard InChI is InChI=1S/C12H17NO3S/c1-8(7-17)16-10-4-2-9(3-5-10)6-11(13)12(14)15/h2-5,8,11,17H,6-7,13H2,1H3,(H,14,15)/t8?,11-/m0/s1. The lowest BCUT2D eigenvalue weighted by Crippen LogP contribution is -2.32. The van der Waals surface area contributed by atoms with Gasteiger partial charge in [-0.2, -0.15) is 12.6 Å². The fourth-order valence-corrected chi connectivity index (χ4v) is 1.39. The van der Waals surface area contributed by atoms with E-state index in [4.69, 9.17) is 15.6 Å². The molecule has 94 valence electrons. The van der Waals surface area contributed by atoms with Crippen LogP contribution < -0.4 is 10.5 Å². The highest BCUT2D eigenvalue weighted by Gasteiger charge is 2.12. The first kappa shape index (κ1) is 13.9. The van der Waals surface area contributed by atoms with E-state index < -0.39 is 12.0 Å². The molecule has 0 fully saturated rings. The maximum atomic E-state index is 10.6. The molecule has 3 N–H and O–H groups in total. The predicted octanol–water partition coefficient (Wildman–Crippen LogP) is 1.34. The summed E-state index contributed by atoms with van der Waals surface area (Å²) >= 11 is 4.13. The molecule has 17 heavy (non-hydrogen) atoms. The van der Waals surface area contributed by atoms with Gasteiger partial charge in [-0.1, -0.05) is 12.1 Å². The SMILES string of the molecule is CC(CS)Oc1ccc(C[C@H](N)C(=O)O)cc1. The summed E-state index contributed by atoms with van der Waals surface area (Å²) in [6, 6.07) is 6.40. The molecule has 0 saturated carbocycles. The van der Waals surface area contributed by atoms with Gasteiger partial charge in [-0.3, -0.25) is 4.79 Å². The zero-order chi connectivity index (χ0) is 12.8.